The maximum absolute atomic E-state index is 12.1. The van der Waals surface area contributed by atoms with E-state index in [9.17, 15) is 8.78 Å². The molecule has 0 bridgehead atoms. The van der Waals surface area contributed by atoms with Gasteiger partial charge in [-0.15, -0.1) is 0 Å². The zero-order valence-electron chi connectivity index (χ0n) is 6.35. The quantitative estimate of drug-likeness (QED) is 0.874. The van der Waals surface area contributed by atoms with Gasteiger partial charge in [0.25, 0.3) is 6.43 Å². The molecule has 5 heteroatoms. The van der Waals surface area contributed by atoms with Gasteiger partial charge in [0.05, 0.1) is 0 Å². The first-order valence-corrected chi connectivity index (χ1v) is 4.60. The molecule has 1 unspecified atom stereocenters. The number of hydrogen-bond acceptors (Lipinski definition) is 1. The molecule has 0 spiro atoms. The maximum Gasteiger partial charge on any atom is 0.268 e. The van der Waals surface area contributed by atoms with Crippen molar-refractivity contribution in [3.8, 4) is 0 Å². The lowest BCUT2D eigenvalue weighted by molar-refractivity contribution is -0.00575. The molecule has 1 aromatic rings. The van der Waals surface area contributed by atoms with Crippen molar-refractivity contribution in [2.24, 2.45) is 0 Å². The Morgan fingerprint density at radius 2 is 2.00 bits per heavy atom. The SMILES string of the molecule is OC(c1cc(Br)ccc1Cl)C(F)F. The molecule has 1 atom stereocenters. The Morgan fingerprint density at radius 3 is 2.54 bits per heavy atom. The summed E-state index contributed by atoms with van der Waals surface area (Å²) < 4.78 is 24.8. The molecule has 13 heavy (non-hydrogen) atoms. The van der Waals surface area contributed by atoms with Gasteiger partial charge in [-0.05, 0) is 18.2 Å². The second-order valence-corrected chi connectivity index (χ2v) is 3.77. The summed E-state index contributed by atoms with van der Waals surface area (Å²) in [5.41, 5.74) is 0.0334. The zero-order valence-corrected chi connectivity index (χ0v) is 8.69. The van der Waals surface area contributed by atoms with E-state index in [1.807, 2.05) is 0 Å². The molecule has 0 aromatic heterocycles. The third-order valence-corrected chi connectivity index (χ3v) is 2.35. The molecule has 1 N–H and O–H groups in total. The lowest BCUT2D eigenvalue weighted by Gasteiger charge is -2.11. The second kappa shape index (κ2) is 4.35. The van der Waals surface area contributed by atoms with Gasteiger partial charge in [0.1, 0.15) is 6.10 Å². The highest BCUT2D eigenvalue weighted by Gasteiger charge is 2.21. The van der Waals surface area contributed by atoms with E-state index in [0.717, 1.165) is 0 Å². The highest BCUT2D eigenvalue weighted by Crippen LogP contribution is 2.29. The van der Waals surface area contributed by atoms with Crippen LogP contribution in [0.1, 0.15) is 11.7 Å². The fourth-order valence-corrected chi connectivity index (χ4v) is 1.49. The summed E-state index contributed by atoms with van der Waals surface area (Å²) in [5, 5.41) is 9.18. The normalized spacial score (nSPS) is 13.4. The van der Waals surface area contributed by atoms with Crippen molar-refractivity contribution in [1.82, 2.24) is 0 Å². The van der Waals surface area contributed by atoms with E-state index in [0.29, 0.717) is 4.47 Å². The van der Waals surface area contributed by atoms with Gasteiger partial charge in [-0.3, -0.25) is 0 Å². The molecule has 0 saturated heterocycles. The molecule has 0 aliphatic rings. The van der Waals surface area contributed by atoms with E-state index in [-0.39, 0.29) is 10.6 Å². The number of hydrogen-bond donors (Lipinski definition) is 1. The van der Waals surface area contributed by atoms with Crippen LogP contribution in [0.4, 0.5) is 8.78 Å². The molecule has 0 amide bonds. The number of aliphatic hydroxyl groups is 1. The Kier molecular flexibility index (Phi) is 3.64. The van der Waals surface area contributed by atoms with E-state index in [2.05, 4.69) is 15.9 Å². The van der Waals surface area contributed by atoms with E-state index in [1.165, 1.54) is 12.1 Å². The number of rotatable bonds is 2. The molecular formula is C8H6BrClF2O. The minimum Gasteiger partial charge on any atom is -0.382 e. The summed E-state index contributed by atoms with van der Waals surface area (Å²) in [6, 6.07) is 4.44. The molecule has 1 aromatic carbocycles. The van der Waals surface area contributed by atoms with E-state index >= 15 is 0 Å². The van der Waals surface area contributed by atoms with Crippen LogP contribution < -0.4 is 0 Å². The third kappa shape index (κ3) is 2.62. The molecule has 0 radical (unpaired) electrons. The largest absolute Gasteiger partial charge is 0.382 e. The second-order valence-electron chi connectivity index (χ2n) is 2.45. The molecule has 0 aliphatic carbocycles. The van der Waals surface area contributed by atoms with Gasteiger partial charge in [-0.25, -0.2) is 8.78 Å². The van der Waals surface area contributed by atoms with Gasteiger partial charge in [-0.2, -0.15) is 0 Å². The van der Waals surface area contributed by atoms with Crippen molar-refractivity contribution >= 4 is 27.5 Å². The van der Waals surface area contributed by atoms with E-state index in [4.69, 9.17) is 16.7 Å². The van der Waals surface area contributed by atoms with Gasteiger partial charge in [-0.1, -0.05) is 27.5 Å². The molecule has 72 valence electrons. The summed E-state index contributed by atoms with van der Waals surface area (Å²) in [4.78, 5) is 0. The van der Waals surface area contributed by atoms with Crippen LogP contribution in [0.15, 0.2) is 22.7 Å². The smallest absolute Gasteiger partial charge is 0.268 e. The molecule has 0 saturated carbocycles. The first-order chi connectivity index (χ1) is 6.02. The van der Waals surface area contributed by atoms with Crippen LogP contribution in [0.2, 0.25) is 5.02 Å². The zero-order chi connectivity index (χ0) is 10.0. The lowest BCUT2D eigenvalue weighted by Crippen LogP contribution is -2.08. The standard InChI is InChI=1S/C8H6BrClF2O/c9-4-1-2-6(10)5(3-4)7(13)8(11)12/h1-3,7-8,13H. The van der Waals surface area contributed by atoms with Crippen molar-refractivity contribution < 1.29 is 13.9 Å². The van der Waals surface area contributed by atoms with Crippen molar-refractivity contribution in [1.29, 1.82) is 0 Å². The summed E-state index contributed by atoms with van der Waals surface area (Å²) in [6.45, 7) is 0. The van der Waals surface area contributed by atoms with E-state index in [1.54, 1.807) is 6.07 Å². The predicted molar refractivity (Wildman–Crippen MR) is 50.1 cm³/mol. The average Bonchev–Trinajstić information content (AvgIpc) is 2.08. The average molecular weight is 271 g/mol. The number of halogens is 4. The minimum atomic E-state index is -2.83. The van der Waals surface area contributed by atoms with Crippen molar-refractivity contribution in [3.63, 3.8) is 0 Å². The molecular weight excluding hydrogens is 265 g/mol. The molecule has 1 nitrogen and oxygen atoms in total. The van der Waals surface area contributed by atoms with Gasteiger partial charge >= 0.3 is 0 Å². The van der Waals surface area contributed by atoms with Gasteiger partial charge in [0.15, 0.2) is 0 Å². The lowest BCUT2D eigenvalue weighted by atomic mass is 10.1. The molecule has 0 aliphatic heterocycles. The Hall–Kier alpha value is -0.190. The summed E-state index contributed by atoms with van der Waals surface area (Å²) >= 11 is 8.72. The van der Waals surface area contributed by atoms with Crippen molar-refractivity contribution in [2.75, 3.05) is 0 Å². The van der Waals surface area contributed by atoms with Crippen molar-refractivity contribution in [3.05, 3.63) is 33.3 Å². The fraction of sp³-hybridized carbons (Fsp3) is 0.250. The molecule has 0 heterocycles. The maximum atomic E-state index is 12.1. The number of benzene rings is 1. The third-order valence-electron chi connectivity index (χ3n) is 1.52. The monoisotopic (exact) mass is 270 g/mol. The first-order valence-electron chi connectivity index (χ1n) is 3.43. The molecule has 1 rings (SSSR count). The first kappa shape index (κ1) is 10.9. The minimum absolute atomic E-state index is 0.0334. The van der Waals surface area contributed by atoms with Crippen LogP contribution in [0.5, 0.6) is 0 Å². The summed E-state index contributed by atoms with van der Waals surface area (Å²) in [7, 11) is 0. The van der Waals surface area contributed by atoms with Crippen LogP contribution in [0.25, 0.3) is 0 Å². The summed E-state index contributed by atoms with van der Waals surface area (Å²) in [6.07, 6.45) is -4.66. The predicted octanol–water partition coefficient (Wildman–Crippen LogP) is 3.40. The number of aliphatic hydroxyl groups excluding tert-OH is 1. The highest BCUT2D eigenvalue weighted by atomic mass is 79.9. The van der Waals surface area contributed by atoms with Crippen LogP contribution in [0, 0.1) is 0 Å². The Labute approximate surface area is 87.5 Å². The molecule has 0 fully saturated rings. The van der Waals surface area contributed by atoms with Gasteiger partial charge in [0, 0.05) is 15.1 Å². The Bertz CT molecular complexity index is 306. The Balaban J connectivity index is 3.05. The summed E-state index contributed by atoms with van der Waals surface area (Å²) in [5.74, 6) is 0. The van der Waals surface area contributed by atoms with Gasteiger partial charge in [0.2, 0.25) is 0 Å². The van der Waals surface area contributed by atoms with E-state index < -0.39 is 12.5 Å². The van der Waals surface area contributed by atoms with Crippen LogP contribution in [-0.4, -0.2) is 11.5 Å². The fourth-order valence-electron chi connectivity index (χ4n) is 0.877. The van der Waals surface area contributed by atoms with Crippen LogP contribution in [-0.2, 0) is 0 Å². The Morgan fingerprint density at radius 1 is 1.38 bits per heavy atom. The van der Waals surface area contributed by atoms with Crippen LogP contribution >= 0.6 is 27.5 Å². The van der Waals surface area contributed by atoms with Crippen molar-refractivity contribution in [2.45, 2.75) is 12.5 Å². The highest BCUT2D eigenvalue weighted by molar-refractivity contribution is 9.10. The van der Waals surface area contributed by atoms with Gasteiger partial charge < -0.3 is 5.11 Å². The topological polar surface area (TPSA) is 20.2 Å². The number of alkyl halides is 2. The van der Waals surface area contributed by atoms with Crippen LogP contribution in [0.3, 0.4) is 0 Å².